The zero-order chi connectivity index (χ0) is 16.3. The van der Waals surface area contributed by atoms with Gasteiger partial charge in [0.15, 0.2) is 0 Å². The number of β-amino-alcohol motifs (C(OH)–C–C–N with tert-alkyl or cyclic N) is 1. The molecule has 1 aromatic heterocycles. The molecule has 1 saturated heterocycles. The molecule has 0 saturated carbocycles. The molecule has 6 heteroatoms. The lowest BCUT2D eigenvalue weighted by atomic mass is 10.1. The van der Waals surface area contributed by atoms with Crippen molar-refractivity contribution in [3.63, 3.8) is 0 Å². The Morgan fingerprint density at radius 2 is 2.09 bits per heavy atom. The summed E-state index contributed by atoms with van der Waals surface area (Å²) < 4.78 is 0. The van der Waals surface area contributed by atoms with Crippen LogP contribution >= 0.6 is 0 Å². The summed E-state index contributed by atoms with van der Waals surface area (Å²) in [6.07, 6.45) is 0.784. The molecule has 1 aliphatic heterocycles. The molecule has 1 fully saturated rings. The van der Waals surface area contributed by atoms with Crippen LogP contribution in [0.15, 0.2) is 6.07 Å². The van der Waals surface area contributed by atoms with Crippen LogP contribution in [0.1, 0.15) is 26.0 Å². The average molecular weight is 307 g/mol. The maximum Gasteiger partial charge on any atom is 0.227 e. The van der Waals surface area contributed by atoms with E-state index in [4.69, 9.17) is 0 Å². The summed E-state index contributed by atoms with van der Waals surface area (Å²) in [6, 6.07) is 2.44. The molecule has 0 radical (unpaired) electrons. The number of nitrogens with zero attached hydrogens (tertiary/aromatic N) is 5. The Bertz CT molecular complexity index is 491. The van der Waals surface area contributed by atoms with Crippen molar-refractivity contribution in [3.05, 3.63) is 11.8 Å². The van der Waals surface area contributed by atoms with Gasteiger partial charge in [-0.3, -0.25) is 4.90 Å². The Morgan fingerprint density at radius 1 is 1.36 bits per heavy atom. The van der Waals surface area contributed by atoms with Gasteiger partial charge >= 0.3 is 0 Å². The first-order valence-corrected chi connectivity index (χ1v) is 8.10. The zero-order valence-electron chi connectivity index (χ0n) is 14.5. The second kappa shape index (κ2) is 7.24. The van der Waals surface area contributed by atoms with Crippen molar-refractivity contribution in [2.45, 2.75) is 39.3 Å². The minimum atomic E-state index is -0.281. The maximum atomic E-state index is 9.65. The van der Waals surface area contributed by atoms with Crippen molar-refractivity contribution in [2.75, 3.05) is 50.1 Å². The Kier molecular flexibility index (Phi) is 5.58. The van der Waals surface area contributed by atoms with Gasteiger partial charge in [-0.25, -0.2) is 4.98 Å². The van der Waals surface area contributed by atoms with Gasteiger partial charge in [-0.2, -0.15) is 4.98 Å². The molecule has 1 aromatic rings. The molecule has 1 aliphatic rings. The van der Waals surface area contributed by atoms with E-state index in [2.05, 4.69) is 26.7 Å². The third-order valence-corrected chi connectivity index (χ3v) is 4.14. The molecular formula is C16H29N5O. The molecule has 1 N–H and O–H groups in total. The predicted octanol–water partition coefficient (Wildman–Crippen LogP) is 1.13. The Balaban J connectivity index is 2.14. The Labute approximate surface area is 133 Å². The molecule has 6 nitrogen and oxygen atoms in total. The minimum absolute atomic E-state index is 0.281. The van der Waals surface area contributed by atoms with Crippen LogP contribution in [0.5, 0.6) is 0 Å². The van der Waals surface area contributed by atoms with Crippen LogP contribution in [0.2, 0.25) is 0 Å². The molecule has 0 amide bonds. The Morgan fingerprint density at radius 3 is 2.68 bits per heavy atom. The van der Waals surface area contributed by atoms with E-state index in [0.29, 0.717) is 6.04 Å². The first-order valence-electron chi connectivity index (χ1n) is 8.10. The highest BCUT2D eigenvalue weighted by Gasteiger charge is 2.28. The standard InChI is InChI=1S/C16H29N5O/c1-6-14-11-21(8-7-20(14)10-13(3)22)16-17-12(2)9-15(18-16)19(4)5/h9,13-14,22H,6-8,10-11H2,1-5H3/t13-,14+/m1/s1. The fraction of sp³-hybridized carbons (Fsp3) is 0.750. The quantitative estimate of drug-likeness (QED) is 0.880. The minimum Gasteiger partial charge on any atom is -0.392 e. The highest BCUT2D eigenvalue weighted by atomic mass is 16.3. The Hall–Kier alpha value is -1.40. The van der Waals surface area contributed by atoms with Crippen molar-refractivity contribution in [2.24, 2.45) is 0 Å². The first kappa shape index (κ1) is 17.0. The van der Waals surface area contributed by atoms with Crippen molar-refractivity contribution < 1.29 is 5.11 Å². The van der Waals surface area contributed by atoms with E-state index < -0.39 is 0 Å². The summed E-state index contributed by atoms with van der Waals surface area (Å²) in [5, 5.41) is 9.65. The number of aliphatic hydroxyl groups excluding tert-OH is 1. The molecule has 2 rings (SSSR count). The van der Waals surface area contributed by atoms with E-state index in [1.807, 2.05) is 38.9 Å². The molecule has 0 bridgehead atoms. The van der Waals surface area contributed by atoms with E-state index in [9.17, 15) is 5.11 Å². The van der Waals surface area contributed by atoms with Gasteiger partial charge in [-0.05, 0) is 20.3 Å². The van der Waals surface area contributed by atoms with Gasteiger partial charge in [-0.15, -0.1) is 0 Å². The number of piperazine rings is 1. The second-order valence-corrected chi connectivity index (χ2v) is 6.41. The maximum absolute atomic E-state index is 9.65. The molecule has 2 atom stereocenters. The number of hydrogen-bond donors (Lipinski definition) is 1. The van der Waals surface area contributed by atoms with E-state index in [-0.39, 0.29) is 6.10 Å². The van der Waals surface area contributed by atoms with Crippen molar-refractivity contribution in [1.29, 1.82) is 0 Å². The van der Waals surface area contributed by atoms with Crippen LogP contribution in [0.3, 0.4) is 0 Å². The smallest absolute Gasteiger partial charge is 0.227 e. The number of aliphatic hydroxyl groups is 1. The van der Waals surface area contributed by atoms with Crippen molar-refractivity contribution in [1.82, 2.24) is 14.9 Å². The SMILES string of the molecule is CC[C@H]1CN(c2nc(C)cc(N(C)C)n2)CCN1C[C@@H](C)O. The molecule has 0 aliphatic carbocycles. The molecule has 2 heterocycles. The van der Waals surface area contributed by atoms with Crippen LogP contribution in [0, 0.1) is 6.92 Å². The predicted molar refractivity (Wildman–Crippen MR) is 90.6 cm³/mol. The fourth-order valence-electron chi connectivity index (χ4n) is 2.95. The number of hydrogen-bond acceptors (Lipinski definition) is 6. The zero-order valence-corrected chi connectivity index (χ0v) is 14.5. The van der Waals surface area contributed by atoms with Crippen molar-refractivity contribution >= 4 is 11.8 Å². The van der Waals surface area contributed by atoms with Crippen LogP contribution < -0.4 is 9.80 Å². The van der Waals surface area contributed by atoms with Crippen LogP contribution in [-0.2, 0) is 0 Å². The van der Waals surface area contributed by atoms with Crippen LogP contribution in [-0.4, -0.2) is 72.4 Å². The third-order valence-electron chi connectivity index (χ3n) is 4.14. The number of aryl methyl sites for hydroxylation is 1. The van der Waals surface area contributed by atoms with E-state index >= 15 is 0 Å². The largest absolute Gasteiger partial charge is 0.392 e. The third kappa shape index (κ3) is 4.08. The topological polar surface area (TPSA) is 55.7 Å². The van der Waals surface area contributed by atoms with E-state index in [1.165, 1.54) is 0 Å². The molecule has 0 spiro atoms. The van der Waals surface area contributed by atoms with Gasteiger partial charge in [0.25, 0.3) is 0 Å². The van der Waals surface area contributed by atoms with Gasteiger partial charge in [-0.1, -0.05) is 6.92 Å². The van der Waals surface area contributed by atoms with Crippen LogP contribution in [0.25, 0.3) is 0 Å². The normalized spacial score (nSPS) is 21.0. The number of anilines is 2. The summed E-state index contributed by atoms with van der Waals surface area (Å²) in [5.74, 6) is 1.76. The summed E-state index contributed by atoms with van der Waals surface area (Å²) in [5.41, 5.74) is 0.994. The van der Waals surface area contributed by atoms with E-state index in [0.717, 1.165) is 50.1 Å². The highest BCUT2D eigenvalue weighted by molar-refractivity contribution is 5.45. The summed E-state index contributed by atoms with van der Waals surface area (Å²) in [4.78, 5) is 16.0. The van der Waals surface area contributed by atoms with Gasteiger partial charge in [0.2, 0.25) is 5.95 Å². The average Bonchev–Trinajstić information content (AvgIpc) is 2.46. The van der Waals surface area contributed by atoms with Gasteiger partial charge in [0.1, 0.15) is 5.82 Å². The molecule has 0 unspecified atom stereocenters. The monoisotopic (exact) mass is 307 g/mol. The van der Waals surface area contributed by atoms with Crippen molar-refractivity contribution in [3.8, 4) is 0 Å². The van der Waals surface area contributed by atoms with Crippen LogP contribution in [0.4, 0.5) is 11.8 Å². The highest BCUT2D eigenvalue weighted by Crippen LogP contribution is 2.20. The molecule has 124 valence electrons. The van der Waals surface area contributed by atoms with Gasteiger partial charge in [0, 0.05) is 58.1 Å². The fourth-order valence-corrected chi connectivity index (χ4v) is 2.95. The second-order valence-electron chi connectivity index (χ2n) is 6.41. The van der Waals surface area contributed by atoms with Gasteiger partial charge in [0.05, 0.1) is 6.10 Å². The number of rotatable bonds is 5. The van der Waals surface area contributed by atoms with E-state index in [1.54, 1.807) is 0 Å². The summed E-state index contributed by atoms with van der Waals surface area (Å²) in [7, 11) is 4.00. The molecule has 22 heavy (non-hydrogen) atoms. The number of aromatic nitrogens is 2. The summed E-state index contributed by atoms with van der Waals surface area (Å²) >= 11 is 0. The molecular weight excluding hydrogens is 278 g/mol. The summed E-state index contributed by atoms with van der Waals surface area (Å²) in [6.45, 7) is 9.57. The lowest BCUT2D eigenvalue weighted by Gasteiger charge is -2.41. The lowest BCUT2D eigenvalue weighted by molar-refractivity contribution is 0.0882. The van der Waals surface area contributed by atoms with Gasteiger partial charge < -0.3 is 14.9 Å². The molecule has 0 aromatic carbocycles. The lowest BCUT2D eigenvalue weighted by Crippen LogP contribution is -2.55. The first-order chi connectivity index (χ1) is 10.4.